The van der Waals surface area contributed by atoms with E-state index in [4.69, 9.17) is 0 Å². The molecule has 0 radical (unpaired) electrons. The van der Waals surface area contributed by atoms with Gasteiger partial charge in [0.05, 0.1) is 16.6 Å². The number of halogens is 1. The molecule has 1 N–H and O–H groups in total. The number of aliphatic carboxylic acids is 1. The lowest BCUT2D eigenvalue weighted by atomic mass is 9.96. The van der Waals surface area contributed by atoms with E-state index >= 15 is 0 Å². The number of rotatable bonds is 5. The summed E-state index contributed by atoms with van der Waals surface area (Å²) in [4.78, 5) is 17.0. The summed E-state index contributed by atoms with van der Waals surface area (Å²) in [5.74, 6) is -1.20. The van der Waals surface area contributed by atoms with E-state index in [1.807, 2.05) is 38.1 Å². The summed E-state index contributed by atoms with van der Waals surface area (Å²) < 4.78 is 0.972. The average molecular weight is 354 g/mol. The van der Waals surface area contributed by atoms with E-state index in [-0.39, 0.29) is 0 Å². The van der Waals surface area contributed by atoms with Crippen LogP contribution in [-0.2, 0) is 17.6 Å². The first-order chi connectivity index (χ1) is 9.45. The van der Waals surface area contributed by atoms with Crippen LogP contribution in [0.5, 0.6) is 0 Å². The predicted molar refractivity (Wildman–Crippen MR) is 84.3 cm³/mol. The number of thiazole rings is 1. The Morgan fingerprint density at radius 3 is 2.70 bits per heavy atom. The Kier molecular flexibility index (Phi) is 4.94. The van der Waals surface area contributed by atoms with Gasteiger partial charge in [-0.25, -0.2) is 4.98 Å². The van der Waals surface area contributed by atoms with Crippen LogP contribution in [0.4, 0.5) is 0 Å². The molecule has 0 amide bonds. The van der Waals surface area contributed by atoms with Gasteiger partial charge in [-0.2, -0.15) is 0 Å². The Labute approximate surface area is 130 Å². The molecule has 2 rings (SSSR count). The molecule has 1 unspecified atom stereocenters. The number of hydrogen-bond donors (Lipinski definition) is 1. The summed E-state index contributed by atoms with van der Waals surface area (Å²) in [6.45, 7) is 3.97. The van der Waals surface area contributed by atoms with E-state index in [0.29, 0.717) is 12.8 Å². The molecule has 2 aromatic rings. The molecule has 1 heterocycles. The summed E-state index contributed by atoms with van der Waals surface area (Å²) >= 11 is 5.00. The molecule has 0 bridgehead atoms. The molecule has 0 aliphatic rings. The Balaban J connectivity index is 2.13. The van der Waals surface area contributed by atoms with E-state index in [2.05, 4.69) is 20.9 Å². The first-order valence-electron chi connectivity index (χ1n) is 6.36. The molecule has 0 saturated heterocycles. The Morgan fingerprint density at radius 1 is 1.40 bits per heavy atom. The van der Waals surface area contributed by atoms with Crippen molar-refractivity contribution < 1.29 is 9.90 Å². The molecule has 1 atom stereocenters. The van der Waals surface area contributed by atoms with Crippen molar-refractivity contribution in [2.24, 2.45) is 5.92 Å². The van der Waals surface area contributed by atoms with Gasteiger partial charge in [-0.15, -0.1) is 11.3 Å². The standard InChI is InChI=1S/C15H16BrNO2S/c1-9-10(2)20-14(17-9)8-12(15(18)19)6-11-4-3-5-13(16)7-11/h3-5,7,12H,6,8H2,1-2H3,(H,18,19). The second kappa shape index (κ2) is 6.50. The molecule has 106 valence electrons. The summed E-state index contributed by atoms with van der Waals surface area (Å²) in [6, 6.07) is 7.79. The normalized spacial score (nSPS) is 12.3. The van der Waals surface area contributed by atoms with E-state index in [9.17, 15) is 9.90 Å². The number of nitrogens with zero attached hydrogens (tertiary/aromatic N) is 1. The van der Waals surface area contributed by atoms with Crippen LogP contribution >= 0.6 is 27.3 Å². The van der Waals surface area contributed by atoms with Crippen molar-refractivity contribution in [1.29, 1.82) is 0 Å². The third-order valence-electron chi connectivity index (χ3n) is 3.21. The molecular formula is C15H16BrNO2S. The third kappa shape index (κ3) is 3.90. The van der Waals surface area contributed by atoms with Crippen molar-refractivity contribution in [2.75, 3.05) is 0 Å². The van der Waals surface area contributed by atoms with Crippen molar-refractivity contribution in [3.05, 3.63) is 49.9 Å². The molecular weight excluding hydrogens is 338 g/mol. The van der Waals surface area contributed by atoms with Crippen molar-refractivity contribution in [3.63, 3.8) is 0 Å². The van der Waals surface area contributed by atoms with Gasteiger partial charge in [0.2, 0.25) is 0 Å². The molecule has 1 aromatic carbocycles. The van der Waals surface area contributed by atoms with Gasteiger partial charge >= 0.3 is 5.97 Å². The van der Waals surface area contributed by atoms with Crippen LogP contribution in [0.25, 0.3) is 0 Å². The van der Waals surface area contributed by atoms with Crippen molar-refractivity contribution in [1.82, 2.24) is 4.98 Å². The van der Waals surface area contributed by atoms with Crippen LogP contribution in [-0.4, -0.2) is 16.1 Å². The van der Waals surface area contributed by atoms with Crippen LogP contribution in [0.3, 0.4) is 0 Å². The number of benzene rings is 1. The quantitative estimate of drug-likeness (QED) is 0.883. The second-order valence-corrected chi connectivity index (χ2v) is 7.03. The van der Waals surface area contributed by atoms with Gasteiger partial charge in [0.1, 0.15) is 0 Å². The largest absolute Gasteiger partial charge is 0.481 e. The molecule has 0 fully saturated rings. The number of carbonyl (C=O) groups is 1. The average Bonchev–Trinajstić information content (AvgIpc) is 2.67. The maximum Gasteiger partial charge on any atom is 0.307 e. The van der Waals surface area contributed by atoms with Crippen LogP contribution < -0.4 is 0 Å². The van der Waals surface area contributed by atoms with Gasteiger partial charge in [0.15, 0.2) is 0 Å². The van der Waals surface area contributed by atoms with Gasteiger partial charge in [-0.1, -0.05) is 28.1 Å². The SMILES string of the molecule is Cc1nc(CC(Cc2cccc(Br)c2)C(=O)O)sc1C. The van der Waals surface area contributed by atoms with E-state index in [0.717, 1.165) is 25.6 Å². The number of carboxylic acids is 1. The maximum atomic E-state index is 11.5. The fourth-order valence-electron chi connectivity index (χ4n) is 2.03. The van der Waals surface area contributed by atoms with Gasteiger partial charge < -0.3 is 5.11 Å². The van der Waals surface area contributed by atoms with Gasteiger partial charge in [0, 0.05) is 15.8 Å². The Hall–Kier alpha value is -1.20. The molecule has 20 heavy (non-hydrogen) atoms. The molecule has 0 aliphatic carbocycles. The van der Waals surface area contributed by atoms with E-state index in [1.54, 1.807) is 11.3 Å². The van der Waals surface area contributed by atoms with Crippen LogP contribution in [0.15, 0.2) is 28.7 Å². The fourth-order valence-corrected chi connectivity index (χ4v) is 3.49. The molecule has 3 nitrogen and oxygen atoms in total. The lowest BCUT2D eigenvalue weighted by Crippen LogP contribution is -2.19. The minimum atomic E-state index is -0.768. The van der Waals surface area contributed by atoms with Crippen molar-refractivity contribution in [2.45, 2.75) is 26.7 Å². The van der Waals surface area contributed by atoms with Crippen LogP contribution in [0.2, 0.25) is 0 Å². The van der Waals surface area contributed by atoms with Gasteiger partial charge in [-0.3, -0.25) is 4.79 Å². The summed E-state index contributed by atoms with van der Waals surface area (Å²) in [7, 11) is 0. The van der Waals surface area contributed by atoms with Crippen molar-refractivity contribution >= 4 is 33.2 Å². The molecule has 0 aliphatic heterocycles. The van der Waals surface area contributed by atoms with E-state index < -0.39 is 11.9 Å². The first-order valence-corrected chi connectivity index (χ1v) is 7.97. The Morgan fingerprint density at radius 2 is 2.15 bits per heavy atom. The smallest absolute Gasteiger partial charge is 0.307 e. The van der Waals surface area contributed by atoms with Crippen molar-refractivity contribution in [3.8, 4) is 0 Å². The molecule has 5 heteroatoms. The maximum absolute atomic E-state index is 11.5. The van der Waals surface area contributed by atoms with Gasteiger partial charge in [-0.05, 0) is 38.0 Å². The summed E-state index contributed by atoms with van der Waals surface area (Å²) in [6.07, 6.45) is 1.01. The highest BCUT2D eigenvalue weighted by Crippen LogP contribution is 2.22. The second-order valence-electron chi connectivity index (χ2n) is 4.82. The number of carboxylic acid groups (broad SMARTS) is 1. The number of aromatic nitrogens is 1. The molecule has 0 spiro atoms. The lowest BCUT2D eigenvalue weighted by Gasteiger charge is -2.11. The van der Waals surface area contributed by atoms with Gasteiger partial charge in [0.25, 0.3) is 0 Å². The fraction of sp³-hybridized carbons (Fsp3) is 0.333. The minimum Gasteiger partial charge on any atom is -0.481 e. The zero-order chi connectivity index (χ0) is 14.7. The van der Waals surface area contributed by atoms with Crippen LogP contribution in [0.1, 0.15) is 21.1 Å². The predicted octanol–water partition coefficient (Wildman–Crippen LogP) is 4.01. The Bertz CT molecular complexity index is 605. The summed E-state index contributed by atoms with van der Waals surface area (Å²) in [5, 5.41) is 10.3. The third-order valence-corrected chi connectivity index (χ3v) is 4.80. The molecule has 1 aromatic heterocycles. The highest BCUT2D eigenvalue weighted by Gasteiger charge is 2.20. The zero-order valence-corrected chi connectivity index (χ0v) is 13.8. The minimum absolute atomic E-state index is 0.436. The highest BCUT2D eigenvalue weighted by atomic mass is 79.9. The zero-order valence-electron chi connectivity index (χ0n) is 11.4. The monoisotopic (exact) mass is 353 g/mol. The highest BCUT2D eigenvalue weighted by molar-refractivity contribution is 9.10. The first kappa shape index (κ1) is 15.2. The van der Waals surface area contributed by atoms with Crippen LogP contribution in [0, 0.1) is 19.8 Å². The van der Waals surface area contributed by atoms with E-state index in [1.165, 1.54) is 0 Å². The number of hydrogen-bond acceptors (Lipinski definition) is 3. The number of aryl methyl sites for hydroxylation is 2. The summed E-state index contributed by atoms with van der Waals surface area (Å²) in [5.41, 5.74) is 2.02. The lowest BCUT2D eigenvalue weighted by molar-refractivity contribution is -0.141. The topological polar surface area (TPSA) is 50.2 Å². The molecule has 0 saturated carbocycles.